The van der Waals surface area contributed by atoms with Crippen LogP contribution in [0.5, 0.6) is 0 Å². The van der Waals surface area contributed by atoms with Gasteiger partial charge in [-0.3, -0.25) is 9.59 Å². The predicted molar refractivity (Wildman–Crippen MR) is 97.3 cm³/mol. The van der Waals surface area contributed by atoms with Crippen LogP contribution >= 0.6 is 11.6 Å². The van der Waals surface area contributed by atoms with Crippen LogP contribution in [0.2, 0.25) is 5.02 Å². The SMILES string of the molecule is Cc1ccc(C)c(NC(=O)CN(C)C(=O)Cc2c(F)cccc2Cl)c1. The van der Waals surface area contributed by atoms with Crippen LogP contribution in [0.4, 0.5) is 10.1 Å². The van der Waals surface area contributed by atoms with Crippen LogP contribution in [-0.2, 0) is 16.0 Å². The van der Waals surface area contributed by atoms with E-state index < -0.39 is 5.82 Å². The standard InChI is InChI=1S/C19H20ClFN2O2/c1-12-7-8-13(2)17(9-12)22-18(24)11-23(3)19(25)10-14-15(20)5-4-6-16(14)21/h4-9H,10-11H2,1-3H3,(H,22,24). The van der Waals surface area contributed by atoms with Gasteiger partial charge in [0.1, 0.15) is 5.82 Å². The lowest BCUT2D eigenvalue weighted by Gasteiger charge is -2.18. The fourth-order valence-corrected chi connectivity index (χ4v) is 2.58. The molecular weight excluding hydrogens is 343 g/mol. The summed E-state index contributed by atoms with van der Waals surface area (Å²) in [7, 11) is 1.50. The second-order valence-corrected chi connectivity index (χ2v) is 6.40. The Labute approximate surface area is 151 Å². The Morgan fingerprint density at radius 3 is 2.60 bits per heavy atom. The van der Waals surface area contributed by atoms with Crippen LogP contribution in [0.15, 0.2) is 36.4 Å². The highest BCUT2D eigenvalue weighted by atomic mass is 35.5. The maximum atomic E-state index is 13.8. The maximum Gasteiger partial charge on any atom is 0.243 e. The van der Waals surface area contributed by atoms with Crippen LogP contribution in [0, 0.1) is 19.7 Å². The van der Waals surface area contributed by atoms with E-state index in [4.69, 9.17) is 11.6 Å². The first-order valence-corrected chi connectivity index (χ1v) is 8.19. The molecule has 2 amide bonds. The summed E-state index contributed by atoms with van der Waals surface area (Å²) in [4.78, 5) is 25.7. The van der Waals surface area contributed by atoms with Gasteiger partial charge in [-0.2, -0.15) is 0 Å². The minimum Gasteiger partial charge on any atom is -0.336 e. The summed E-state index contributed by atoms with van der Waals surface area (Å²) in [5.74, 6) is -1.23. The molecule has 0 atom stereocenters. The molecule has 0 aliphatic heterocycles. The van der Waals surface area contributed by atoms with Gasteiger partial charge in [-0.1, -0.05) is 29.8 Å². The Balaban J connectivity index is 1.98. The molecule has 1 N–H and O–H groups in total. The van der Waals surface area contributed by atoms with E-state index >= 15 is 0 Å². The smallest absolute Gasteiger partial charge is 0.243 e. The maximum absolute atomic E-state index is 13.8. The van der Waals surface area contributed by atoms with Crippen molar-refractivity contribution in [3.63, 3.8) is 0 Å². The Kier molecular flexibility index (Phi) is 6.15. The third-order valence-electron chi connectivity index (χ3n) is 3.86. The summed E-state index contributed by atoms with van der Waals surface area (Å²) in [6.45, 7) is 3.70. The van der Waals surface area contributed by atoms with Gasteiger partial charge in [-0.05, 0) is 43.2 Å². The van der Waals surface area contributed by atoms with E-state index in [2.05, 4.69) is 5.32 Å². The number of carbonyl (C=O) groups is 2. The predicted octanol–water partition coefficient (Wildman–Crippen LogP) is 3.74. The van der Waals surface area contributed by atoms with Crippen molar-refractivity contribution in [3.8, 4) is 0 Å². The van der Waals surface area contributed by atoms with Crippen LogP contribution in [0.1, 0.15) is 16.7 Å². The van der Waals surface area contributed by atoms with Crippen molar-refractivity contribution in [2.45, 2.75) is 20.3 Å². The van der Waals surface area contributed by atoms with E-state index in [9.17, 15) is 14.0 Å². The molecule has 4 nitrogen and oxygen atoms in total. The molecule has 0 bridgehead atoms. The lowest BCUT2D eigenvalue weighted by molar-refractivity contribution is -0.132. The molecule has 0 aliphatic carbocycles. The first kappa shape index (κ1) is 18.9. The number of amides is 2. The Morgan fingerprint density at radius 1 is 1.20 bits per heavy atom. The number of rotatable bonds is 5. The van der Waals surface area contributed by atoms with Crippen molar-refractivity contribution in [1.29, 1.82) is 0 Å². The molecular formula is C19H20ClFN2O2. The monoisotopic (exact) mass is 362 g/mol. The highest BCUT2D eigenvalue weighted by molar-refractivity contribution is 6.31. The lowest BCUT2D eigenvalue weighted by atomic mass is 10.1. The second-order valence-electron chi connectivity index (χ2n) is 5.99. The van der Waals surface area contributed by atoms with Gasteiger partial charge in [0.15, 0.2) is 0 Å². The van der Waals surface area contributed by atoms with E-state index in [1.54, 1.807) is 0 Å². The third kappa shape index (κ3) is 5.03. The summed E-state index contributed by atoms with van der Waals surface area (Å²) in [5.41, 5.74) is 2.81. The van der Waals surface area contributed by atoms with Crippen molar-refractivity contribution in [3.05, 3.63) is 63.9 Å². The quantitative estimate of drug-likeness (QED) is 0.881. The molecule has 0 fully saturated rings. The summed E-state index contributed by atoms with van der Waals surface area (Å²) >= 11 is 5.93. The van der Waals surface area contributed by atoms with E-state index in [1.807, 2.05) is 32.0 Å². The number of hydrogen-bond donors (Lipinski definition) is 1. The molecule has 6 heteroatoms. The largest absolute Gasteiger partial charge is 0.336 e. The highest BCUT2D eigenvalue weighted by Crippen LogP contribution is 2.20. The summed E-state index contributed by atoms with van der Waals surface area (Å²) in [5, 5.41) is 2.99. The van der Waals surface area contributed by atoms with Gasteiger partial charge in [-0.15, -0.1) is 0 Å². The van der Waals surface area contributed by atoms with E-state index in [0.717, 1.165) is 11.1 Å². The van der Waals surface area contributed by atoms with Crippen LogP contribution in [0.3, 0.4) is 0 Å². The normalized spacial score (nSPS) is 10.4. The van der Waals surface area contributed by atoms with E-state index in [0.29, 0.717) is 5.69 Å². The van der Waals surface area contributed by atoms with Crippen molar-refractivity contribution in [2.75, 3.05) is 18.9 Å². The molecule has 0 saturated carbocycles. The number of nitrogens with one attached hydrogen (secondary N) is 1. The second kappa shape index (κ2) is 8.12. The van der Waals surface area contributed by atoms with Gasteiger partial charge in [0.05, 0.1) is 13.0 Å². The number of halogens is 2. The number of hydrogen-bond acceptors (Lipinski definition) is 2. The van der Waals surface area contributed by atoms with Gasteiger partial charge in [0, 0.05) is 23.3 Å². The molecule has 0 saturated heterocycles. The third-order valence-corrected chi connectivity index (χ3v) is 4.22. The van der Waals surface area contributed by atoms with Crippen molar-refractivity contribution in [1.82, 2.24) is 4.90 Å². The summed E-state index contributed by atoms with van der Waals surface area (Å²) in [6.07, 6.45) is -0.196. The minimum atomic E-state index is -0.533. The zero-order valence-corrected chi connectivity index (χ0v) is 15.2. The number of aryl methyl sites for hydroxylation is 2. The summed E-state index contributed by atoms with van der Waals surface area (Å²) < 4.78 is 13.8. The minimum absolute atomic E-state index is 0.127. The van der Waals surface area contributed by atoms with Gasteiger partial charge in [0.2, 0.25) is 11.8 Å². The lowest BCUT2D eigenvalue weighted by Crippen LogP contribution is -2.36. The molecule has 0 aliphatic rings. The van der Waals surface area contributed by atoms with Crippen molar-refractivity contribution < 1.29 is 14.0 Å². The topological polar surface area (TPSA) is 49.4 Å². The zero-order chi connectivity index (χ0) is 18.6. The molecule has 2 rings (SSSR count). The molecule has 0 unspecified atom stereocenters. The van der Waals surface area contributed by atoms with Gasteiger partial charge in [-0.25, -0.2) is 4.39 Å². The number of benzene rings is 2. The molecule has 25 heavy (non-hydrogen) atoms. The number of carbonyl (C=O) groups excluding carboxylic acids is 2. The molecule has 2 aromatic rings. The fraction of sp³-hybridized carbons (Fsp3) is 0.263. The first-order chi connectivity index (χ1) is 11.8. The average molecular weight is 363 g/mol. The average Bonchev–Trinajstić information content (AvgIpc) is 2.54. The first-order valence-electron chi connectivity index (χ1n) is 7.82. The summed E-state index contributed by atoms with van der Waals surface area (Å²) in [6, 6.07) is 10.0. The van der Waals surface area contributed by atoms with Crippen LogP contribution in [-0.4, -0.2) is 30.3 Å². The van der Waals surface area contributed by atoms with E-state index in [-0.39, 0.29) is 35.4 Å². The molecule has 2 aromatic carbocycles. The van der Waals surface area contributed by atoms with Gasteiger partial charge in [0.25, 0.3) is 0 Å². The fourth-order valence-electron chi connectivity index (χ4n) is 2.35. The van der Waals surface area contributed by atoms with Crippen molar-refractivity contribution in [2.24, 2.45) is 0 Å². The van der Waals surface area contributed by atoms with Crippen molar-refractivity contribution >= 4 is 29.1 Å². The van der Waals surface area contributed by atoms with Crippen LogP contribution in [0.25, 0.3) is 0 Å². The Hall–Kier alpha value is -2.40. The highest BCUT2D eigenvalue weighted by Gasteiger charge is 2.17. The molecule has 0 aromatic heterocycles. The van der Waals surface area contributed by atoms with Gasteiger partial charge < -0.3 is 10.2 Å². The molecule has 0 radical (unpaired) electrons. The zero-order valence-electron chi connectivity index (χ0n) is 14.4. The molecule has 0 heterocycles. The number of likely N-dealkylation sites (N-methyl/N-ethyl adjacent to an activating group) is 1. The van der Waals surface area contributed by atoms with E-state index in [1.165, 1.54) is 30.1 Å². The van der Waals surface area contributed by atoms with Gasteiger partial charge >= 0.3 is 0 Å². The molecule has 0 spiro atoms. The molecule has 132 valence electrons. The number of anilines is 1. The van der Waals surface area contributed by atoms with Crippen LogP contribution < -0.4 is 5.32 Å². The Bertz CT molecular complexity index is 788. The Morgan fingerprint density at radius 2 is 1.92 bits per heavy atom. The number of nitrogens with zero attached hydrogens (tertiary/aromatic N) is 1.